The summed E-state index contributed by atoms with van der Waals surface area (Å²) in [6.45, 7) is 3.96. The van der Waals surface area contributed by atoms with Crippen molar-refractivity contribution in [1.82, 2.24) is 0 Å². The van der Waals surface area contributed by atoms with Crippen molar-refractivity contribution in [1.29, 1.82) is 0 Å². The third-order valence-electron chi connectivity index (χ3n) is 1.62. The van der Waals surface area contributed by atoms with Crippen molar-refractivity contribution < 1.29 is 15.0 Å². The Balaban J connectivity index is 3.76. The Morgan fingerprint density at radius 1 is 1.50 bits per heavy atom. The molecule has 2 atom stereocenters. The van der Waals surface area contributed by atoms with Gasteiger partial charge in [-0.2, -0.15) is 0 Å². The van der Waals surface area contributed by atoms with E-state index >= 15 is 0 Å². The molecule has 1 unspecified atom stereocenters. The fraction of sp³-hybridized carbons (Fsp3) is 0.875. The average Bonchev–Trinajstić information content (AvgIpc) is 1.84. The van der Waals surface area contributed by atoms with E-state index in [9.17, 15) is 9.90 Å². The molecule has 0 aromatic rings. The molecular formula is C8H17NO3. The van der Waals surface area contributed by atoms with Crippen LogP contribution in [0.4, 0.5) is 0 Å². The van der Waals surface area contributed by atoms with E-state index in [0.29, 0.717) is 12.3 Å². The zero-order chi connectivity index (χ0) is 9.72. The van der Waals surface area contributed by atoms with Crippen LogP contribution in [-0.4, -0.2) is 28.3 Å². The quantitative estimate of drug-likeness (QED) is 0.557. The number of hydrogen-bond donors (Lipinski definition) is 3. The minimum atomic E-state index is -1.01. The molecule has 0 aliphatic carbocycles. The Labute approximate surface area is 72.4 Å². The zero-order valence-electron chi connectivity index (χ0n) is 7.53. The summed E-state index contributed by atoms with van der Waals surface area (Å²) < 4.78 is 0. The van der Waals surface area contributed by atoms with Crippen molar-refractivity contribution in [2.24, 2.45) is 11.7 Å². The van der Waals surface area contributed by atoms with Gasteiger partial charge in [-0.15, -0.1) is 0 Å². The first-order valence-electron chi connectivity index (χ1n) is 4.09. The summed E-state index contributed by atoms with van der Waals surface area (Å²) in [7, 11) is 0. The summed E-state index contributed by atoms with van der Waals surface area (Å²) in [5.41, 5.74) is 5.55. The van der Waals surface area contributed by atoms with Gasteiger partial charge in [0.25, 0.3) is 0 Å². The number of aliphatic hydroxyl groups excluding tert-OH is 1. The Hall–Kier alpha value is -0.610. The van der Waals surface area contributed by atoms with Gasteiger partial charge in [0, 0.05) is 6.04 Å². The fourth-order valence-corrected chi connectivity index (χ4v) is 1.03. The molecule has 4 N–H and O–H groups in total. The summed E-state index contributed by atoms with van der Waals surface area (Å²) in [4.78, 5) is 10.2. The molecule has 12 heavy (non-hydrogen) atoms. The van der Waals surface area contributed by atoms with Gasteiger partial charge >= 0.3 is 5.97 Å². The van der Waals surface area contributed by atoms with Gasteiger partial charge in [-0.25, -0.2) is 0 Å². The Morgan fingerprint density at radius 2 is 2.00 bits per heavy atom. The first kappa shape index (κ1) is 11.4. The minimum Gasteiger partial charge on any atom is -0.481 e. The van der Waals surface area contributed by atoms with E-state index in [1.807, 2.05) is 13.8 Å². The molecular weight excluding hydrogens is 158 g/mol. The SMILES string of the molecule is CC(C)CC(N)[C@@H](O)CC(=O)O. The van der Waals surface area contributed by atoms with E-state index < -0.39 is 18.1 Å². The molecule has 0 heterocycles. The van der Waals surface area contributed by atoms with E-state index in [1.54, 1.807) is 0 Å². The predicted octanol–water partition coefficient (Wildman–Crippen LogP) is 0.195. The standard InChI is InChI=1S/C8H17NO3/c1-5(2)3-6(9)7(10)4-8(11)12/h5-7,10H,3-4,9H2,1-2H3,(H,11,12)/t6?,7-/m0/s1. The van der Waals surface area contributed by atoms with Gasteiger partial charge in [-0.3, -0.25) is 4.79 Å². The van der Waals surface area contributed by atoms with Crippen LogP contribution in [0.25, 0.3) is 0 Å². The smallest absolute Gasteiger partial charge is 0.306 e. The number of hydrogen-bond acceptors (Lipinski definition) is 3. The van der Waals surface area contributed by atoms with E-state index in [1.165, 1.54) is 0 Å². The molecule has 0 aliphatic heterocycles. The zero-order valence-corrected chi connectivity index (χ0v) is 7.53. The monoisotopic (exact) mass is 175 g/mol. The molecule has 0 aromatic carbocycles. The number of aliphatic hydroxyl groups is 1. The van der Waals surface area contributed by atoms with Gasteiger partial charge in [0.15, 0.2) is 0 Å². The van der Waals surface area contributed by atoms with Crippen LogP contribution in [-0.2, 0) is 4.79 Å². The number of rotatable bonds is 5. The van der Waals surface area contributed by atoms with Crippen LogP contribution in [0.2, 0.25) is 0 Å². The second-order valence-corrected chi connectivity index (χ2v) is 3.46. The number of carbonyl (C=O) groups is 1. The molecule has 0 aliphatic rings. The van der Waals surface area contributed by atoms with Crippen molar-refractivity contribution in [3.05, 3.63) is 0 Å². The lowest BCUT2D eigenvalue weighted by Crippen LogP contribution is -2.37. The maximum absolute atomic E-state index is 10.2. The number of nitrogens with two attached hydrogens (primary N) is 1. The molecule has 4 nitrogen and oxygen atoms in total. The molecule has 4 heteroatoms. The second kappa shape index (κ2) is 5.11. The van der Waals surface area contributed by atoms with Gasteiger partial charge in [-0.05, 0) is 12.3 Å². The van der Waals surface area contributed by atoms with Crippen molar-refractivity contribution in [2.75, 3.05) is 0 Å². The van der Waals surface area contributed by atoms with Gasteiger partial charge in [-0.1, -0.05) is 13.8 Å². The van der Waals surface area contributed by atoms with Crippen LogP contribution >= 0.6 is 0 Å². The minimum absolute atomic E-state index is 0.270. The van der Waals surface area contributed by atoms with E-state index in [0.717, 1.165) is 0 Å². The van der Waals surface area contributed by atoms with Gasteiger partial charge in [0.2, 0.25) is 0 Å². The molecule has 0 amide bonds. The van der Waals surface area contributed by atoms with Gasteiger partial charge < -0.3 is 15.9 Å². The van der Waals surface area contributed by atoms with Crippen LogP contribution in [0.5, 0.6) is 0 Å². The van der Waals surface area contributed by atoms with Crippen LogP contribution in [0.1, 0.15) is 26.7 Å². The average molecular weight is 175 g/mol. The molecule has 0 aromatic heterocycles. The van der Waals surface area contributed by atoms with E-state index in [2.05, 4.69) is 0 Å². The third-order valence-corrected chi connectivity index (χ3v) is 1.62. The third kappa shape index (κ3) is 5.09. The van der Waals surface area contributed by atoms with E-state index in [4.69, 9.17) is 10.8 Å². The van der Waals surface area contributed by atoms with Crippen LogP contribution < -0.4 is 5.73 Å². The highest BCUT2D eigenvalue weighted by atomic mass is 16.4. The van der Waals surface area contributed by atoms with Crippen LogP contribution in [0, 0.1) is 5.92 Å². The van der Waals surface area contributed by atoms with Crippen LogP contribution in [0.3, 0.4) is 0 Å². The highest BCUT2D eigenvalue weighted by Gasteiger charge is 2.18. The lowest BCUT2D eigenvalue weighted by Gasteiger charge is -2.18. The number of carboxylic acid groups (broad SMARTS) is 1. The number of carboxylic acids is 1. The fourth-order valence-electron chi connectivity index (χ4n) is 1.03. The molecule has 0 saturated carbocycles. The van der Waals surface area contributed by atoms with Gasteiger partial charge in [0.05, 0.1) is 12.5 Å². The summed E-state index contributed by atoms with van der Waals surface area (Å²) in [5.74, 6) is -0.634. The lowest BCUT2D eigenvalue weighted by molar-refractivity contribution is -0.139. The molecule has 0 saturated heterocycles. The molecule has 0 rings (SSSR count). The predicted molar refractivity (Wildman–Crippen MR) is 45.7 cm³/mol. The molecule has 0 radical (unpaired) electrons. The molecule has 0 bridgehead atoms. The first-order valence-corrected chi connectivity index (χ1v) is 4.09. The summed E-state index contributed by atoms with van der Waals surface area (Å²) in [5, 5.41) is 17.6. The van der Waals surface area contributed by atoms with Crippen molar-refractivity contribution in [3.63, 3.8) is 0 Å². The number of aliphatic carboxylic acids is 1. The van der Waals surface area contributed by atoms with E-state index in [-0.39, 0.29) is 6.42 Å². The second-order valence-electron chi connectivity index (χ2n) is 3.46. The van der Waals surface area contributed by atoms with Crippen molar-refractivity contribution in [3.8, 4) is 0 Å². The first-order chi connectivity index (χ1) is 5.43. The summed E-state index contributed by atoms with van der Waals surface area (Å²) in [6, 6.07) is -0.430. The maximum Gasteiger partial charge on any atom is 0.306 e. The normalized spacial score (nSPS) is 16.1. The Kier molecular flexibility index (Phi) is 4.85. The van der Waals surface area contributed by atoms with Crippen molar-refractivity contribution in [2.45, 2.75) is 38.8 Å². The largest absolute Gasteiger partial charge is 0.481 e. The molecule has 0 spiro atoms. The maximum atomic E-state index is 10.2. The Morgan fingerprint density at radius 3 is 2.33 bits per heavy atom. The highest BCUT2D eigenvalue weighted by molar-refractivity contribution is 5.67. The topological polar surface area (TPSA) is 83.5 Å². The van der Waals surface area contributed by atoms with Crippen LogP contribution in [0.15, 0.2) is 0 Å². The summed E-state index contributed by atoms with van der Waals surface area (Å²) >= 11 is 0. The summed E-state index contributed by atoms with van der Waals surface area (Å²) in [6.07, 6.45) is -0.549. The highest BCUT2D eigenvalue weighted by Crippen LogP contribution is 2.08. The van der Waals surface area contributed by atoms with Gasteiger partial charge in [0.1, 0.15) is 0 Å². The Bertz CT molecular complexity index is 147. The molecule has 72 valence electrons. The molecule has 0 fully saturated rings. The van der Waals surface area contributed by atoms with Crippen molar-refractivity contribution >= 4 is 5.97 Å². The lowest BCUT2D eigenvalue weighted by atomic mass is 9.98.